The van der Waals surface area contributed by atoms with Gasteiger partial charge in [0, 0.05) is 24.6 Å². The molecule has 0 radical (unpaired) electrons. The van der Waals surface area contributed by atoms with Gasteiger partial charge in [-0.05, 0) is 49.9 Å². The van der Waals surface area contributed by atoms with Crippen LogP contribution in [-0.4, -0.2) is 24.5 Å². The van der Waals surface area contributed by atoms with Crippen LogP contribution in [0.2, 0.25) is 0 Å². The molecule has 0 amide bonds. The number of Topliss-reactive ketones (excluding diaryl/α,β-unsaturated/α-hetero) is 1. The van der Waals surface area contributed by atoms with E-state index in [1.165, 1.54) is 12.8 Å². The van der Waals surface area contributed by atoms with Gasteiger partial charge in [-0.1, -0.05) is 0 Å². The Hall–Kier alpha value is -1.35. The van der Waals surface area contributed by atoms with Crippen molar-refractivity contribution in [2.24, 2.45) is 0 Å². The Morgan fingerprint density at radius 1 is 1.17 bits per heavy atom. The third-order valence-electron chi connectivity index (χ3n) is 3.37. The number of carbonyl (C=O) groups excluding carboxylic acids is 1. The standard InChI is InChI=1S/C15H19NO2/c17-15(9-10-16-12-3-4-12)11-1-5-13(6-2-11)18-14-7-8-14/h1-2,5-6,12,14,16H,3-4,7-10H2. The fourth-order valence-corrected chi connectivity index (χ4v) is 1.92. The van der Waals surface area contributed by atoms with Gasteiger partial charge in [-0.25, -0.2) is 0 Å². The number of rotatable bonds is 7. The van der Waals surface area contributed by atoms with Crippen molar-refractivity contribution in [2.75, 3.05) is 6.54 Å². The van der Waals surface area contributed by atoms with Gasteiger partial charge in [-0.3, -0.25) is 4.79 Å². The molecule has 0 unspecified atom stereocenters. The van der Waals surface area contributed by atoms with E-state index in [0.717, 1.165) is 30.7 Å². The number of ether oxygens (including phenoxy) is 1. The Labute approximate surface area is 108 Å². The quantitative estimate of drug-likeness (QED) is 0.750. The Balaban J connectivity index is 1.48. The van der Waals surface area contributed by atoms with Crippen LogP contribution < -0.4 is 10.1 Å². The predicted molar refractivity (Wildman–Crippen MR) is 70.1 cm³/mol. The average molecular weight is 245 g/mol. The van der Waals surface area contributed by atoms with Crippen molar-refractivity contribution in [1.82, 2.24) is 5.32 Å². The van der Waals surface area contributed by atoms with E-state index in [9.17, 15) is 4.79 Å². The summed E-state index contributed by atoms with van der Waals surface area (Å²) in [6, 6.07) is 8.22. The molecule has 18 heavy (non-hydrogen) atoms. The number of nitrogens with one attached hydrogen (secondary N) is 1. The highest BCUT2D eigenvalue weighted by molar-refractivity contribution is 5.96. The number of benzene rings is 1. The summed E-state index contributed by atoms with van der Waals surface area (Å²) >= 11 is 0. The average Bonchev–Trinajstić information content (AvgIpc) is 3.24. The Bertz CT molecular complexity index is 419. The smallest absolute Gasteiger partial charge is 0.164 e. The van der Waals surface area contributed by atoms with Gasteiger partial charge in [0.25, 0.3) is 0 Å². The van der Waals surface area contributed by atoms with E-state index in [1.54, 1.807) is 0 Å². The van der Waals surface area contributed by atoms with Gasteiger partial charge in [0.05, 0.1) is 6.10 Å². The van der Waals surface area contributed by atoms with Crippen molar-refractivity contribution in [1.29, 1.82) is 0 Å². The molecule has 96 valence electrons. The molecule has 0 saturated heterocycles. The highest BCUT2D eigenvalue weighted by Crippen LogP contribution is 2.26. The first kappa shape index (κ1) is 11.7. The van der Waals surface area contributed by atoms with Gasteiger partial charge in [-0.15, -0.1) is 0 Å². The minimum absolute atomic E-state index is 0.209. The van der Waals surface area contributed by atoms with Crippen molar-refractivity contribution >= 4 is 5.78 Å². The molecule has 0 spiro atoms. The highest BCUT2D eigenvalue weighted by atomic mass is 16.5. The van der Waals surface area contributed by atoms with Crippen molar-refractivity contribution in [3.63, 3.8) is 0 Å². The molecular formula is C15H19NO2. The van der Waals surface area contributed by atoms with Crippen molar-refractivity contribution in [3.8, 4) is 5.75 Å². The van der Waals surface area contributed by atoms with Gasteiger partial charge in [0.15, 0.2) is 5.78 Å². The topological polar surface area (TPSA) is 38.3 Å². The van der Waals surface area contributed by atoms with Crippen molar-refractivity contribution in [3.05, 3.63) is 29.8 Å². The lowest BCUT2D eigenvalue weighted by molar-refractivity contribution is 0.0982. The summed E-state index contributed by atoms with van der Waals surface area (Å²) in [5.74, 6) is 1.09. The minimum atomic E-state index is 0.209. The van der Waals surface area contributed by atoms with Crippen LogP contribution in [0.15, 0.2) is 24.3 Å². The van der Waals surface area contributed by atoms with E-state index < -0.39 is 0 Å². The molecule has 1 aromatic rings. The molecule has 0 bridgehead atoms. The first-order valence-electron chi connectivity index (χ1n) is 6.84. The molecular weight excluding hydrogens is 226 g/mol. The molecule has 1 N–H and O–H groups in total. The molecule has 1 aromatic carbocycles. The van der Waals surface area contributed by atoms with E-state index in [-0.39, 0.29) is 5.78 Å². The lowest BCUT2D eigenvalue weighted by atomic mass is 10.1. The fraction of sp³-hybridized carbons (Fsp3) is 0.533. The molecule has 2 aliphatic rings. The van der Waals surface area contributed by atoms with Crippen molar-refractivity contribution < 1.29 is 9.53 Å². The van der Waals surface area contributed by atoms with Gasteiger partial charge in [0.1, 0.15) is 5.75 Å². The van der Waals surface area contributed by atoms with E-state index in [0.29, 0.717) is 18.6 Å². The maximum absolute atomic E-state index is 11.9. The Morgan fingerprint density at radius 3 is 2.50 bits per heavy atom. The van der Waals surface area contributed by atoms with Crippen LogP contribution in [0.1, 0.15) is 42.5 Å². The summed E-state index contributed by atoms with van der Waals surface area (Å²) in [7, 11) is 0. The predicted octanol–water partition coefficient (Wildman–Crippen LogP) is 2.55. The summed E-state index contributed by atoms with van der Waals surface area (Å²) in [4.78, 5) is 11.9. The summed E-state index contributed by atoms with van der Waals surface area (Å²) in [5.41, 5.74) is 0.788. The molecule has 3 rings (SSSR count). The third-order valence-corrected chi connectivity index (χ3v) is 3.37. The molecule has 3 heteroatoms. The zero-order valence-corrected chi connectivity index (χ0v) is 10.5. The van der Waals surface area contributed by atoms with Crippen molar-refractivity contribution in [2.45, 2.75) is 44.2 Å². The molecule has 2 aliphatic carbocycles. The lowest BCUT2D eigenvalue weighted by Crippen LogP contribution is -2.20. The van der Waals surface area contributed by atoms with Crippen LogP contribution in [0.5, 0.6) is 5.75 Å². The SMILES string of the molecule is O=C(CCNC1CC1)c1ccc(OC2CC2)cc1. The van der Waals surface area contributed by atoms with Crippen LogP contribution in [0.25, 0.3) is 0 Å². The van der Waals surface area contributed by atoms with Gasteiger partial charge in [-0.2, -0.15) is 0 Å². The largest absolute Gasteiger partial charge is 0.490 e. The maximum Gasteiger partial charge on any atom is 0.164 e. The van der Waals surface area contributed by atoms with E-state index in [4.69, 9.17) is 4.74 Å². The first-order valence-corrected chi connectivity index (χ1v) is 6.84. The fourth-order valence-electron chi connectivity index (χ4n) is 1.92. The molecule has 0 aliphatic heterocycles. The second kappa shape index (κ2) is 5.11. The Morgan fingerprint density at radius 2 is 1.89 bits per heavy atom. The number of hydrogen-bond donors (Lipinski definition) is 1. The van der Waals surface area contributed by atoms with E-state index in [1.807, 2.05) is 24.3 Å². The molecule has 2 saturated carbocycles. The zero-order valence-electron chi connectivity index (χ0n) is 10.5. The minimum Gasteiger partial charge on any atom is -0.490 e. The summed E-state index contributed by atoms with van der Waals surface area (Å²) in [6.45, 7) is 0.795. The molecule has 3 nitrogen and oxygen atoms in total. The Kier molecular flexibility index (Phi) is 3.33. The summed E-state index contributed by atoms with van der Waals surface area (Å²) in [5, 5.41) is 3.36. The zero-order chi connectivity index (χ0) is 12.4. The normalized spacial score (nSPS) is 18.7. The van der Waals surface area contributed by atoms with Crippen LogP contribution >= 0.6 is 0 Å². The second-order valence-electron chi connectivity index (χ2n) is 5.24. The second-order valence-corrected chi connectivity index (χ2v) is 5.24. The third kappa shape index (κ3) is 3.33. The molecule has 2 fully saturated rings. The first-order chi connectivity index (χ1) is 8.81. The lowest BCUT2D eigenvalue weighted by Gasteiger charge is -2.06. The monoisotopic (exact) mass is 245 g/mol. The van der Waals surface area contributed by atoms with E-state index in [2.05, 4.69) is 5.32 Å². The summed E-state index contributed by atoms with van der Waals surface area (Å²) in [6.07, 6.45) is 5.85. The van der Waals surface area contributed by atoms with Crippen LogP contribution in [0, 0.1) is 0 Å². The highest BCUT2D eigenvalue weighted by Gasteiger charge is 2.23. The number of carbonyl (C=O) groups is 1. The maximum atomic E-state index is 11.9. The summed E-state index contributed by atoms with van der Waals surface area (Å²) < 4.78 is 5.66. The number of hydrogen-bond acceptors (Lipinski definition) is 3. The van der Waals surface area contributed by atoms with Crippen LogP contribution in [-0.2, 0) is 0 Å². The number of ketones is 1. The molecule has 0 atom stereocenters. The van der Waals surface area contributed by atoms with Gasteiger partial charge >= 0.3 is 0 Å². The van der Waals surface area contributed by atoms with E-state index >= 15 is 0 Å². The van der Waals surface area contributed by atoms with Gasteiger partial charge in [0.2, 0.25) is 0 Å². The van der Waals surface area contributed by atoms with Crippen LogP contribution in [0.4, 0.5) is 0 Å². The van der Waals surface area contributed by atoms with Gasteiger partial charge < -0.3 is 10.1 Å². The molecule has 0 heterocycles. The molecule has 0 aromatic heterocycles. The van der Waals surface area contributed by atoms with Crippen LogP contribution in [0.3, 0.4) is 0 Å².